The maximum absolute atomic E-state index is 12.2. The number of aliphatic hydroxyl groups is 1. The molecule has 0 bridgehead atoms. The zero-order valence-electron chi connectivity index (χ0n) is 12.0. The van der Waals surface area contributed by atoms with Crippen LogP contribution in [0.4, 0.5) is 0 Å². The van der Waals surface area contributed by atoms with Gasteiger partial charge >= 0.3 is 0 Å². The number of amides is 1. The molecule has 1 saturated heterocycles. The molecule has 1 fully saturated rings. The first-order valence-corrected chi connectivity index (χ1v) is 6.83. The Morgan fingerprint density at radius 2 is 2.40 bits per heavy atom. The lowest BCUT2D eigenvalue weighted by Gasteiger charge is -2.37. The minimum absolute atomic E-state index is 0.0142. The van der Waals surface area contributed by atoms with E-state index in [0.29, 0.717) is 26.2 Å². The third-order valence-electron chi connectivity index (χ3n) is 3.58. The van der Waals surface area contributed by atoms with Crippen molar-refractivity contribution in [1.82, 2.24) is 9.80 Å². The lowest BCUT2D eigenvalue weighted by Crippen LogP contribution is -2.52. The fourth-order valence-electron chi connectivity index (χ4n) is 2.22. The smallest absolute Gasteiger partial charge is 0.236 e. The predicted molar refractivity (Wildman–Crippen MR) is 73.0 cm³/mol. The second-order valence-electron chi connectivity index (χ2n) is 5.25. The van der Waals surface area contributed by atoms with E-state index in [2.05, 4.69) is 0 Å². The molecule has 2 unspecified atom stereocenters. The van der Waals surface area contributed by atoms with Gasteiger partial charge in [-0.1, -0.05) is 0 Å². The Labute approximate surface area is 118 Å². The van der Waals surface area contributed by atoms with E-state index in [1.165, 1.54) is 0 Å². The standard InChI is InChI=1S/C14H22N2O4/c1-11-10-20-13(9-17)7-16(11)8-14(18)15(2)6-12-4-3-5-19-12/h3-5,11,13,17H,6-10H2,1-2H3. The van der Waals surface area contributed by atoms with E-state index in [1.807, 2.05) is 24.0 Å². The highest BCUT2D eigenvalue weighted by Crippen LogP contribution is 2.12. The number of rotatable bonds is 5. The Hall–Kier alpha value is -1.37. The van der Waals surface area contributed by atoms with Crippen LogP contribution in [0, 0.1) is 0 Å². The fourth-order valence-corrected chi connectivity index (χ4v) is 2.22. The number of ether oxygens (including phenoxy) is 1. The molecule has 2 atom stereocenters. The quantitative estimate of drug-likeness (QED) is 0.842. The Balaban J connectivity index is 1.86. The van der Waals surface area contributed by atoms with Gasteiger partial charge in [-0.3, -0.25) is 9.69 Å². The molecule has 1 aliphatic rings. The van der Waals surface area contributed by atoms with Crippen LogP contribution in [-0.2, 0) is 16.1 Å². The summed E-state index contributed by atoms with van der Waals surface area (Å²) in [5.74, 6) is 0.802. The highest BCUT2D eigenvalue weighted by molar-refractivity contribution is 5.78. The molecule has 20 heavy (non-hydrogen) atoms. The van der Waals surface area contributed by atoms with Crippen LogP contribution in [0.3, 0.4) is 0 Å². The SMILES string of the molecule is CC1COC(CO)CN1CC(=O)N(C)Cc1ccco1. The second-order valence-corrected chi connectivity index (χ2v) is 5.25. The number of hydrogen-bond donors (Lipinski definition) is 1. The largest absolute Gasteiger partial charge is 0.467 e. The summed E-state index contributed by atoms with van der Waals surface area (Å²) in [4.78, 5) is 15.9. The van der Waals surface area contributed by atoms with Crippen molar-refractivity contribution in [2.45, 2.75) is 25.6 Å². The lowest BCUT2D eigenvalue weighted by atomic mass is 10.2. The predicted octanol–water partition coefficient (Wildman–Crippen LogP) is 0.320. The maximum atomic E-state index is 12.2. The molecule has 1 aromatic heterocycles. The molecule has 6 nitrogen and oxygen atoms in total. The first-order chi connectivity index (χ1) is 9.60. The third-order valence-corrected chi connectivity index (χ3v) is 3.58. The topological polar surface area (TPSA) is 66.2 Å². The molecule has 0 spiro atoms. The monoisotopic (exact) mass is 282 g/mol. The minimum atomic E-state index is -0.200. The van der Waals surface area contributed by atoms with Crippen molar-refractivity contribution in [3.63, 3.8) is 0 Å². The van der Waals surface area contributed by atoms with Crippen LogP contribution in [0.2, 0.25) is 0 Å². The van der Waals surface area contributed by atoms with Crippen LogP contribution < -0.4 is 0 Å². The molecular weight excluding hydrogens is 260 g/mol. The molecule has 0 radical (unpaired) electrons. The summed E-state index contributed by atoms with van der Waals surface area (Å²) in [5.41, 5.74) is 0. The van der Waals surface area contributed by atoms with Gasteiger partial charge < -0.3 is 19.2 Å². The molecule has 1 amide bonds. The van der Waals surface area contributed by atoms with E-state index in [4.69, 9.17) is 14.3 Å². The van der Waals surface area contributed by atoms with Crippen molar-refractivity contribution in [2.24, 2.45) is 0 Å². The molecule has 112 valence electrons. The Bertz CT molecular complexity index is 421. The second kappa shape index (κ2) is 6.88. The van der Waals surface area contributed by atoms with E-state index in [0.717, 1.165) is 5.76 Å². The van der Waals surface area contributed by atoms with E-state index < -0.39 is 0 Å². The first-order valence-electron chi connectivity index (χ1n) is 6.83. The Kier molecular flexibility index (Phi) is 5.17. The number of morpholine rings is 1. The zero-order valence-corrected chi connectivity index (χ0v) is 12.0. The number of furan rings is 1. The van der Waals surface area contributed by atoms with Crippen LogP contribution in [-0.4, -0.2) is 66.3 Å². The summed E-state index contributed by atoms with van der Waals surface area (Å²) in [7, 11) is 1.76. The van der Waals surface area contributed by atoms with Crippen molar-refractivity contribution in [3.05, 3.63) is 24.2 Å². The Morgan fingerprint density at radius 3 is 3.05 bits per heavy atom. The highest BCUT2D eigenvalue weighted by atomic mass is 16.5. The summed E-state index contributed by atoms with van der Waals surface area (Å²) in [6.07, 6.45) is 1.40. The van der Waals surface area contributed by atoms with E-state index in [1.54, 1.807) is 18.2 Å². The van der Waals surface area contributed by atoms with Crippen LogP contribution in [0.1, 0.15) is 12.7 Å². The molecular formula is C14H22N2O4. The van der Waals surface area contributed by atoms with Crippen LogP contribution >= 0.6 is 0 Å². The number of aliphatic hydroxyl groups excluding tert-OH is 1. The molecule has 1 N–H and O–H groups in total. The molecule has 0 aliphatic carbocycles. The summed E-state index contributed by atoms with van der Waals surface area (Å²) < 4.78 is 10.7. The number of carbonyl (C=O) groups excluding carboxylic acids is 1. The fraction of sp³-hybridized carbons (Fsp3) is 0.643. The van der Waals surface area contributed by atoms with Crippen molar-refractivity contribution in [1.29, 1.82) is 0 Å². The number of hydrogen-bond acceptors (Lipinski definition) is 5. The maximum Gasteiger partial charge on any atom is 0.236 e. The summed E-state index contributed by atoms with van der Waals surface area (Å²) in [6, 6.07) is 3.84. The number of likely N-dealkylation sites (N-methyl/N-ethyl adjacent to an activating group) is 1. The van der Waals surface area contributed by atoms with Gasteiger partial charge in [0, 0.05) is 19.6 Å². The highest BCUT2D eigenvalue weighted by Gasteiger charge is 2.27. The molecule has 0 saturated carbocycles. The molecule has 0 aromatic carbocycles. The van der Waals surface area contributed by atoms with Gasteiger partial charge in [-0.05, 0) is 19.1 Å². The summed E-state index contributed by atoms with van der Waals surface area (Å²) >= 11 is 0. The molecule has 1 aromatic rings. The van der Waals surface area contributed by atoms with E-state index in [-0.39, 0.29) is 24.7 Å². The van der Waals surface area contributed by atoms with Gasteiger partial charge in [0.2, 0.25) is 5.91 Å². The normalized spacial score (nSPS) is 23.8. The molecule has 1 aliphatic heterocycles. The van der Waals surface area contributed by atoms with Crippen molar-refractivity contribution in [3.8, 4) is 0 Å². The average Bonchev–Trinajstić information content (AvgIpc) is 2.94. The van der Waals surface area contributed by atoms with Crippen LogP contribution in [0.25, 0.3) is 0 Å². The van der Waals surface area contributed by atoms with Gasteiger partial charge in [-0.25, -0.2) is 0 Å². The number of carbonyl (C=O) groups is 1. The molecule has 2 heterocycles. The molecule has 6 heteroatoms. The van der Waals surface area contributed by atoms with Crippen LogP contribution in [0.5, 0.6) is 0 Å². The minimum Gasteiger partial charge on any atom is -0.467 e. The van der Waals surface area contributed by atoms with Crippen molar-refractivity contribution >= 4 is 5.91 Å². The van der Waals surface area contributed by atoms with Gasteiger partial charge in [-0.2, -0.15) is 0 Å². The zero-order chi connectivity index (χ0) is 14.5. The average molecular weight is 282 g/mol. The lowest BCUT2D eigenvalue weighted by molar-refractivity contribution is -0.136. The third kappa shape index (κ3) is 3.82. The van der Waals surface area contributed by atoms with Crippen LogP contribution in [0.15, 0.2) is 22.8 Å². The number of nitrogens with zero attached hydrogens (tertiary/aromatic N) is 2. The summed E-state index contributed by atoms with van der Waals surface area (Å²) in [5, 5.41) is 9.15. The van der Waals surface area contributed by atoms with Gasteiger partial charge in [0.05, 0.1) is 38.7 Å². The van der Waals surface area contributed by atoms with E-state index in [9.17, 15) is 4.79 Å². The van der Waals surface area contributed by atoms with Crippen molar-refractivity contribution in [2.75, 3.05) is 33.4 Å². The van der Waals surface area contributed by atoms with Gasteiger partial charge in [0.1, 0.15) is 5.76 Å². The first kappa shape index (κ1) is 15.0. The van der Waals surface area contributed by atoms with Gasteiger partial charge in [-0.15, -0.1) is 0 Å². The van der Waals surface area contributed by atoms with Gasteiger partial charge in [0.15, 0.2) is 0 Å². The molecule has 2 rings (SSSR count). The van der Waals surface area contributed by atoms with Gasteiger partial charge in [0.25, 0.3) is 0 Å². The van der Waals surface area contributed by atoms with Crippen molar-refractivity contribution < 1.29 is 19.1 Å². The Morgan fingerprint density at radius 1 is 1.60 bits per heavy atom. The summed E-state index contributed by atoms with van der Waals surface area (Å²) in [6.45, 7) is 3.93. The van der Waals surface area contributed by atoms with E-state index >= 15 is 0 Å².